The summed E-state index contributed by atoms with van der Waals surface area (Å²) in [6.45, 7) is 9.88. The van der Waals surface area contributed by atoms with Gasteiger partial charge in [0.15, 0.2) is 0 Å². The second-order valence-electron chi connectivity index (χ2n) is 4.58. The Kier molecular flexibility index (Phi) is 10.3. The van der Waals surface area contributed by atoms with E-state index in [1.807, 2.05) is 0 Å². The van der Waals surface area contributed by atoms with Gasteiger partial charge in [-0.25, -0.2) is 0 Å². The molecule has 0 aromatic rings. The van der Waals surface area contributed by atoms with E-state index in [1.165, 1.54) is 6.42 Å². The Morgan fingerprint density at radius 2 is 1.93 bits per heavy atom. The molecular weight excluding hydrogens is 188 g/mol. The number of rotatable bonds is 10. The van der Waals surface area contributed by atoms with E-state index >= 15 is 0 Å². The van der Waals surface area contributed by atoms with Crippen molar-refractivity contribution in [2.24, 2.45) is 5.92 Å². The quantitative estimate of drug-likeness (QED) is 0.561. The first-order chi connectivity index (χ1) is 7.16. The van der Waals surface area contributed by atoms with Crippen LogP contribution in [-0.2, 0) is 4.74 Å². The van der Waals surface area contributed by atoms with E-state index in [2.05, 4.69) is 31.1 Å². The van der Waals surface area contributed by atoms with Crippen LogP contribution in [0.3, 0.4) is 0 Å². The number of nitrogens with one attached hydrogen (secondary N) is 1. The monoisotopic (exact) mass is 216 g/mol. The fourth-order valence-corrected chi connectivity index (χ4v) is 1.38. The van der Waals surface area contributed by atoms with Gasteiger partial charge in [0, 0.05) is 33.4 Å². The van der Waals surface area contributed by atoms with Gasteiger partial charge in [-0.15, -0.1) is 0 Å². The van der Waals surface area contributed by atoms with Crippen molar-refractivity contribution in [3.63, 3.8) is 0 Å². The van der Waals surface area contributed by atoms with Crippen molar-refractivity contribution in [3.8, 4) is 0 Å². The lowest BCUT2D eigenvalue weighted by molar-refractivity contribution is 0.179. The number of hydrogen-bond donors (Lipinski definition) is 1. The van der Waals surface area contributed by atoms with Crippen molar-refractivity contribution in [1.82, 2.24) is 10.2 Å². The molecule has 0 unspecified atom stereocenters. The average Bonchev–Trinajstić information content (AvgIpc) is 2.17. The van der Waals surface area contributed by atoms with Crippen LogP contribution in [0.1, 0.15) is 26.7 Å². The summed E-state index contributed by atoms with van der Waals surface area (Å²) in [6, 6.07) is 0. The molecule has 1 N–H and O–H groups in total. The maximum absolute atomic E-state index is 5.02. The highest BCUT2D eigenvalue weighted by Gasteiger charge is 1.97. The Morgan fingerprint density at radius 3 is 2.53 bits per heavy atom. The van der Waals surface area contributed by atoms with Crippen LogP contribution in [0.15, 0.2) is 0 Å². The van der Waals surface area contributed by atoms with Crippen LogP contribution in [0, 0.1) is 5.92 Å². The largest absolute Gasteiger partial charge is 0.385 e. The highest BCUT2D eigenvalue weighted by molar-refractivity contribution is 4.56. The van der Waals surface area contributed by atoms with Gasteiger partial charge in [0.1, 0.15) is 0 Å². The van der Waals surface area contributed by atoms with E-state index < -0.39 is 0 Å². The van der Waals surface area contributed by atoms with Gasteiger partial charge in [-0.1, -0.05) is 13.8 Å². The van der Waals surface area contributed by atoms with Gasteiger partial charge < -0.3 is 15.0 Å². The highest BCUT2D eigenvalue weighted by Crippen LogP contribution is 1.95. The number of methoxy groups -OCH3 is 1. The van der Waals surface area contributed by atoms with Gasteiger partial charge in [0.2, 0.25) is 0 Å². The number of hydrogen-bond acceptors (Lipinski definition) is 3. The van der Waals surface area contributed by atoms with Gasteiger partial charge >= 0.3 is 0 Å². The van der Waals surface area contributed by atoms with Crippen molar-refractivity contribution in [2.45, 2.75) is 26.7 Å². The van der Waals surface area contributed by atoms with Crippen LogP contribution in [0.25, 0.3) is 0 Å². The molecular formula is C12H28N2O. The van der Waals surface area contributed by atoms with Crippen molar-refractivity contribution in [2.75, 3.05) is 46.9 Å². The zero-order valence-corrected chi connectivity index (χ0v) is 10.9. The predicted molar refractivity (Wildman–Crippen MR) is 66.3 cm³/mol. The Bertz CT molecular complexity index is 129. The Hall–Kier alpha value is -0.120. The predicted octanol–water partition coefficient (Wildman–Crippen LogP) is 1.59. The topological polar surface area (TPSA) is 24.5 Å². The summed E-state index contributed by atoms with van der Waals surface area (Å²) < 4.78 is 5.02. The maximum atomic E-state index is 5.02. The summed E-state index contributed by atoms with van der Waals surface area (Å²) in [6.07, 6.45) is 2.40. The van der Waals surface area contributed by atoms with Gasteiger partial charge in [-0.2, -0.15) is 0 Å². The first kappa shape index (κ1) is 14.9. The molecule has 0 spiro atoms. The summed E-state index contributed by atoms with van der Waals surface area (Å²) in [5, 5.41) is 3.47. The van der Waals surface area contributed by atoms with Crippen LogP contribution in [0.2, 0.25) is 0 Å². The Morgan fingerprint density at radius 1 is 1.20 bits per heavy atom. The van der Waals surface area contributed by atoms with Crippen LogP contribution in [0.5, 0.6) is 0 Å². The molecule has 0 amide bonds. The normalized spacial score (nSPS) is 11.6. The molecule has 0 bridgehead atoms. The van der Waals surface area contributed by atoms with Crippen LogP contribution < -0.4 is 5.32 Å². The van der Waals surface area contributed by atoms with Gasteiger partial charge in [0.05, 0.1) is 0 Å². The molecule has 0 heterocycles. The van der Waals surface area contributed by atoms with E-state index in [-0.39, 0.29) is 0 Å². The SMILES string of the molecule is COCCCN(C)CCNCCC(C)C. The zero-order chi connectivity index (χ0) is 11.5. The summed E-state index contributed by atoms with van der Waals surface area (Å²) >= 11 is 0. The van der Waals surface area contributed by atoms with Gasteiger partial charge in [-0.3, -0.25) is 0 Å². The summed E-state index contributed by atoms with van der Waals surface area (Å²) in [7, 11) is 3.92. The molecule has 3 nitrogen and oxygen atoms in total. The van der Waals surface area contributed by atoms with Gasteiger partial charge in [-0.05, 0) is 32.4 Å². The van der Waals surface area contributed by atoms with E-state index in [1.54, 1.807) is 7.11 Å². The highest BCUT2D eigenvalue weighted by atomic mass is 16.5. The first-order valence-corrected chi connectivity index (χ1v) is 6.05. The van der Waals surface area contributed by atoms with Crippen molar-refractivity contribution in [1.29, 1.82) is 0 Å². The molecule has 0 radical (unpaired) electrons. The lowest BCUT2D eigenvalue weighted by Crippen LogP contribution is -2.31. The molecule has 3 heteroatoms. The standard InChI is InChI=1S/C12H28N2O/c1-12(2)6-7-13-8-10-14(3)9-5-11-15-4/h12-13H,5-11H2,1-4H3. The summed E-state index contributed by atoms with van der Waals surface area (Å²) in [5.41, 5.74) is 0. The van der Waals surface area contributed by atoms with E-state index in [0.29, 0.717) is 0 Å². The van der Waals surface area contributed by atoms with E-state index in [9.17, 15) is 0 Å². The second kappa shape index (κ2) is 10.4. The zero-order valence-electron chi connectivity index (χ0n) is 10.9. The van der Waals surface area contributed by atoms with Crippen molar-refractivity contribution >= 4 is 0 Å². The molecule has 0 aliphatic heterocycles. The third-order valence-corrected chi connectivity index (χ3v) is 2.46. The second-order valence-corrected chi connectivity index (χ2v) is 4.58. The smallest absolute Gasteiger partial charge is 0.0474 e. The van der Waals surface area contributed by atoms with E-state index in [4.69, 9.17) is 4.74 Å². The number of likely N-dealkylation sites (N-methyl/N-ethyl adjacent to an activating group) is 1. The minimum Gasteiger partial charge on any atom is -0.385 e. The molecule has 0 atom stereocenters. The van der Waals surface area contributed by atoms with E-state index in [0.717, 1.165) is 45.1 Å². The third-order valence-electron chi connectivity index (χ3n) is 2.46. The molecule has 0 fully saturated rings. The third kappa shape index (κ3) is 11.8. The molecule has 0 rings (SSSR count). The number of ether oxygens (including phenoxy) is 1. The lowest BCUT2D eigenvalue weighted by atomic mass is 10.1. The summed E-state index contributed by atoms with van der Waals surface area (Å²) in [4.78, 5) is 2.35. The Labute approximate surface area is 95.2 Å². The van der Waals surface area contributed by atoms with Crippen molar-refractivity contribution < 1.29 is 4.74 Å². The minimum absolute atomic E-state index is 0.803. The van der Waals surface area contributed by atoms with Crippen LogP contribution in [0.4, 0.5) is 0 Å². The fraction of sp³-hybridized carbons (Fsp3) is 1.00. The van der Waals surface area contributed by atoms with Crippen LogP contribution in [-0.4, -0.2) is 51.8 Å². The molecule has 0 aliphatic carbocycles. The minimum atomic E-state index is 0.803. The molecule has 0 saturated carbocycles. The molecule has 0 saturated heterocycles. The molecule has 0 aromatic heterocycles. The average molecular weight is 216 g/mol. The molecule has 0 aromatic carbocycles. The fourth-order valence-electron chi connectivity index (χ4n) is 1.38. The molecule has 0 aliphatic rings. The lowest BCUT2D eigenvalue weighted by Gasteiger charge is -2.16. The summed E-state index contributed by atoms with van der Waals surface area (Å²) in [5.74, 6) is 0.803. The van der Waals surface area contributed by atoms with Gasteiger partial charge in [0.25, 0.3) is 0 Å². The Balaban J connectivity index is 3.13. The number of nitrogens with zero attached hydrogens (tertiary/aromatic N) is 1. The van der Waals surface area contributed by atoms with Crippen molar-refractivity contribution in [3.05, 3.63) is 0 Å². The molecule has 15 heavy (non-hydrogen) atoms. The van der Waals surface area contributed by atoms with Crippen LogP contribution >= 0.6 is 0 Å². The first-order valence-electron chi connectivity index (χ1n) is 6.05. The molecule has 92 valence electrons. The maximum Gasteiger partial charge on any atom is 0.0474 e.